The summed E-state index contributed by atoms with van der Waals surface area (Å²) in [4.78, 5) is 31.9. The molecular weight excluding hydrogens is 424 g/mol. The van der Waals surface area contributed by atoms with Crippen LogP contribution in [-0.2, 0) is 14.3 Å². The maximum atomic E-state index is 13.0. The predicted molar refractivity (Wildman–Crippen MR) is 126 cm³/mol. The highest BCUT2D eigenvalue weighted by Crippen LogP contribution is 2.39. The Hall–Kier alpha value is -3.19. The zero-order valence-electron chi connectivity index (χ0n) is 18.4. The van der Waals surface area contributed by atoms with Crippen LogP contribution < -0.4 is 9.64 Å². The van der Waals surface area contributed by atoms with Crippen LogP contribution in [0.4, 0.5) is 5.69 Å². The van der Waals surface area contributed by atoms with E-state index in [1.54, 1.807) is 25.2 Å². The van der Waals surface area contributed by atoms with Gasteiger partial charge < -0.3 is 9.47 Å². The molecule has 2 unspecified atom stereocenters. The van der Waals surface area contributed by atoms with Gasteiger partial charge in [-0.15, -0.1) is 11.3 Å². The molecule has 0 aliphatic carbocycles. The van der Waals surface area contributed by atoms with E-state index in [1.807, 2.05) is 60.8 Å². The third-order valence-electron chi connectivity index (χ3n) is 5.40. The summed E-state index contributed by atoms with van der Waals surface area (Å²) in [5.41, 5.74) is 3.27. The fourth-order valence-corrected chi connectivity index (χ4v) is 4.42. The number of unbranched alkanes of at least 4 members (excludes halogenated alkanes) is 1. The van der Waals surface area contributed by atoms with Crippen molar-refractivity contribution in [2.24, 2.45) is 0 Å². The molecule has 32 heavy (non-hydrogen) atoms. The Morgan fingerprint density at radius 2 is 2.00 bits per heavy atom. The molecule has 0 bridgehead atoms. The number of rotatable bonds is 7. The number of fused-ring (bicyclic) bond motifs is 1. The molecule has 0 saturated carbocycles. The van der Waals surface area contributed by atoms with Gasteiger partial charge >= 0.3 is 5.97 Å². The smallest absolute Gasteiger partial charge is 0.328 e. The largest absolute Gasteiger partial charge is 0.479 e. The fraction of sp³-hybridized carbons (Fsp3) is 0.320. The molecule has 1 amide bonds. The highest BCUT2D eigenvalue weighted by Gasteiger charge is 2.38. The molecule has 0 saturated heterocycles. The first-order valence-electron chi connectivity index (χ1n) is 10.8. The molecule has 0 spiro atoms. The lowest BCUT2D eigenvalue weighted by molar-refractivity contribution is -0.146. The molecule has 2 aromatic carbocycles. The lowest BCUT2D eigenvalue weighted by Crippen LogP contribution is -2.52. The number of carbonyl (C=O) groups is 2. The topological polar surface area (TPSA) is 68.7 Å². The Kier molecular flexibility index (Phi) is 6.55. The summed E-state index contributed by atoms with van der Waals surface area (Å²) in [6.45, 7) is 5.76. The van der Waals surface area contributed by atoms with Gasteiger partial charge in [0.2, 0.25) is 0 Å². The van der Waals surface area contributed by atoms with Gasteiger partial charge in [-0.2, -0.15) is 0 Å². The molecule has 1 aliphatic heterocycles. The second kappa shape index (κ2) is 9.53. The third kappa shape index (κ3) is 4.39. The number of anilines is 1. The number of ether oxygens (including phenoxy) is 2. The summed E-state index contributed by atoms with van der Waals surface area (Å²) in [7, 11) is 0. The number of thiazole rings is 1. The minimum atomic E-state index is -0.755. The average molecular weight is 451 g/mol. The van der Waals surface area contributed by atoms with Crippen LogP contribution in [0.15, 0.2) is 53.9 Å². The molecule has 2 heterocycles. The molecule has 0 N–H and O–H groups in total. The van der Waals surface area contributed by atoms with Crippen LogP contribution >= 0.6 is 11.3 Å². The van der Waals surface area contributed by atoms with Crippen molar-refractivity contribution in [3.8, 4) is 27.6 Å². The molecule has 0 fully saturated rings. The van der Waals surface area contributed by atoms with Gasteiger partial charge in [0.05, 0.1) is 18.0 Å². The third-order valence-corrected chi connectivity index (χ3v) is 6.29. The summed E-state index contributed by atoms with van der Waals surface area (Å²) in [6.07, 6.45) is 1.04. The molecule has 6 nitrogen and oxygen atoms in total. The van der Waals surface area contributed by atoms with Gasteiger partial charge in [-0.1, -0.05) is 43.7 Å². The number of aromatic nitrogens is 1. The minimum Gasteiger partial charge on any atom is -0.479 e. The van der Waals surface area contributed by atoms with Crippen LogP contribution in [0, 0.1) is 0 Å². The number of carbonyl (C=O) groups excluding carboxylic acids is 2. The fourth-order valence-electron chi connectivity index (χ4n) is 3.58. The van der Waals surface area contributed by atoms with Crippen molar-refractivity contribution in [3.63, 3.8) is 0 Å². The van der Waals surface area contributed by atoms with Crippen molar-refractivity contribution >= 4 is 28.9 Å². The summed E-state index contributed by atoms with van der Waals surface area (Å²) in [5.74, 6) is -0.123. The lowest BCUT2D eigenvalue weighted by atomic mass is 10.1. The van der Waals surface area contributed by atoms with E-state index in [0.717, 1.165) is 34.7 Å². The van der Waals surface area contributed by atoms with E-state index < -0.39 is 18.1 Å². The molecule has 1 aliphatic rings. The van der Waals surface area contributed by atoms with Gasteiger partial charge in [-0.05, 0) is 38.5 Å². The van der Waals surface area contributed by atoms with Gasteiger partial charge in [0.25, 0.3) is 5.91 Å². The Balaban J connectivity index is 1.66. The Labute approximate surface area is 191 Å². The van der Waals surface area contributed by atoms with Gasteiger partial charge in [0.1, 0.15) is 16.8 Å². The summed E-state index contributed by atoms with van der Waals surface area (Å²) in [6, 6.07) is 14.9. The standard InChI is InChI=1S/C25H26N2O4S/c1-4-5-13-30-25(29)16(2)27-21-14-19(11-12-22(21)31-17(3)24(27)28)20-15-32-23(26-20)18-9-7-6-8-10-18/h6-12,14-17H,4-5,13H2,1-3H3. The molecule has 7 heteroatoms. The number of benzene rings is 2. The molecule has 166 valence electrons. The summed E-state index contributed by atoms with van der Waals surface area (Å²) in [5, 5.41) is 2.91. The van der Waals surface area contributed by atoms with Crippen LogP contribution in [0.1, 0.15) is 33.6 Å². The maximum Gasteiger partial charge on any atom is 0.328 e. The number of esters is 1. The van der Waals surface area contributed by atoms with Crippen LogP contribution in [0.2, 0.25) is 0 Å². The van der Waals surface area contributed by atoms with Gasteiger partial charge in [-0.25, -0.2) is 9.78 Å². The van der Waals surface area contributed by atoms with E-state index in [4.69, 9.17) is 14.5 Å². The van der Waals surface area contributed by atoms with Crippen molar-refractivity contribution < 1.29 is 19.1 Å². The monoisotopic (exact) mass is 450 g/mol. The molecular formula is C25H26N2O4S. The maximum absolute atomic E-state index is 13.0. The van der Waals surface area contributed by atoms with Crippen molar-refractivity contribution in [1.29, 1.82) is 0 Å². The summed E-state index contributed by atoms with van der Waals surface area (Å²) >= 11 is 1.56. The van der Waals surface area contributed by atoms with E-state index in [9.17, 15) is 9.59 Å². The van der Waals surface area contributed by atoms with Crippen molar-refractivity contribution in [2.75, 3.05) is 11.5 Å². The average Bonchev–Trinajstić information content (AvgIpc) is 3.30. The van der Waals surface area contributed by atoms with Gasteiger partial charge in [-0.3, -0.25) is 9.69 Å². The Morgan fingerprint density at radius 3 is 2.75 bits per heavy atom. The Bertz CT molecular complexity index is 1110. The number of amides is 1. The van der Waals surface area contributed by atoms with Crippen LogP contribution in [0.25, 0.3) is 21.8 Å². The van der Waals surface area contributed by atoms with Gasteiger partial charge in [0.15, 0.2) is 6.10 Å². The second-order valence-electron chi connectivity index (χ2n) is 7.75. The first-order valence-corrected chi connectivity index (χ1v) is 11.7. The highest BCUT2D eigenvalue weighted by molar-refractivity contribution is 7.13. The lowest BCUT2D eigenvalue weighted by Gasteiger charge is -2.36. The first kappa shape index (κ1) is 22.0. The van der Waals surface area contributed by atoms with Gasteiger partial charge in [0, 0.05) is 16.5 Å². The SMILES string of the molecule is CCCCOC(=O)C(C)N1C(=O)C(C)Oc2ccc(-c3csc(-c4ccccc4)n3)cc21. The van der Waals surface area contributed by atoms with Crippen LogP contribution in [-0.4, -0.2) is 35.6 Å². The Morgan fingerprint density at radius 1 is 1.22 bits per heavy atom. The van der Waals surface area contributed by atoms with Crippen LogP contribution in [0.5, 0.6) is 5.75 Å². The first-order chi connectivity index (χ1) is 15.5. The molecule has 0 radical (unpaired) electrons. The second-order valence-corrected chi connectivity index (χ2v) is 8.61. The molecule has 2 atom stereocenters. The zero-order chi connectivity index (χ0) is 22.7. The number of hydrogen-bond donors (Lipinski definition) is 0. The molecule has 4 rings (SSSR count). The number of hydrogen-bond acceptors (Lipinski definition) is 6. The zero-order valence-corrected chi connectivity index (χ0v) is 19.2. The van der Waals surface area contributed by atoms with E-state index in [1.165, 1.54) is 4.90 Å². The predicted octanol–water partition coefficient (Wildman–Crippen LogP) is 5.32. The van der Waals surface area contributed by atoms with E-state index in [-0.39, 0.29) is 5.91 Å². The van der Waals surface area contributed by atoms with E-state index in [0.29, 0.717) is 18.0 Å². The van der Waals surface area contributed by atoms with E-state index >= 15 is 0 Å². The highest BCUT2D eigenvalue weighted by atomic mass is 32.1. The van der Waals surface area contributed by atoms with Crippen molar-refractivity contribution in [1.82, 2.24) is 4.98 Å². The van der Waals surface area contributed by atoms with Crippen molar-refractivity contribution in [3.05, 3.63) is 53.9 Å². The number of nitrogens with zero attached hydrogens (tertiary/aromatic N) is 2. The minimum absolute atomic E-state index is 0.266. The van der Waals surface area contributed by atoms with Crippen molar-refractivity contribution in [2.45, 2.75) is 45.8 Å². The normalized spacial score (nSPS) is 16.3. The van der Waals surface area contributed by atoms with E-state index in [2.05, 4.69) is 0 Å². The summed E-state index contributed by atoms with van der Waals surface area (Å²) < 4.78 is 11.2. The van der Waals surface area contributed by atoms with Crippen LogP contribution in [0.3, 0.4) is 0 Å². The molecule has 1 aromatic heterocycles. The quantitative estimate of drug-likeness (QED) is 0.360. The molecule has 3 aromatic rings.